The van der Waals surface area contributed by atoms with Crippen LogP contribution >= 0.6 is 11.3 Å². The number of halogens is 3. The predicted molar refractivity (Wildman–Crippen MR) is 95.7 cm³/mol. The fraction of sp³-hybridized carbons (Fsp3) is 0.444. The van der Waals surface area contributed by atoms with Gasteiger partial charge in [-0.05, 0) is 25.5 Å². The van der Waals surface area contributed by atoms with Gasteiger partial charge in [0.25, 0.3) is 0 Å². The van der Waals surface area contributed by atoms with E-state index in [1.54, 1.807) is 35.4 Å². The van der Waals surface area contributed by atoms with Crippen LogP contribution in [0.15, 0.2) is 29.6 Å². The number of hydrogen-bond acceptors (Lipinski definition) is 6. The van der Waals surface area contributed by atoms with Gasteiger partial charge in [-0.2, -0.15) is 13.2 Å². The number of para-hydroxylation sites is 1. The second kappa shape index (κ2) is 7.75. The Morgan fingerprint density at radius 1 is 1.41 bits per heavy atom. The smallest absolute Gasteiger partial charge is 0.394 e. The lowest BCUT2D eigenvalue weighted by Crippen LogP contribution is -2.49. The first-order valence-electron chi connectivity index (χ1n) is 8.53. The van der Waals surface area contributed by atoms with Crippen molar-refractivity contribution in [3.63, 3.8) is 0 Å². The topological polar surface area (TPSA) is 62.7 Å². The van der Waals surface area contributed by atoms with Crippen LogP contribution in [0.25, 0.3) is 11.3 Å². The molecule has 5 nitrogen and oxygen atoms in total. The van der Waals surface area contributed by atoms with Crippen molar-refractivity contribution in [1.82, 2.24) is 4.98 Å². The number of anilines is 1. The molecule has 2 heterocycles. The summed E-state index contributed by atoms with van der Waals surface area (Å²) >= 11 is 1.21. The number of aromatic hydroxyl groups is 1. The third-order valence-electron chi connectivity index (χ3n) is 4.57. The molecule has 2 unspecified atom stereocenters. The van der Waals surface area contributed by atoms with Crippen molar-refractivity contribution in [1.29, 1.82) is 0 Å². The molecule has 0 spiro atoms. The molecule has 27 heavy (non-hydrogen) atoms. The maximum absolute atomic E-state index is 13.5. The number of alkyl halides is 3. The molecule has 0 bridgehead atoms. The van der Waals surface area contributed by atoms with Crippen molar-refractivity contribution in [2.45, 2.75) is 19.5 Å². The first-order chi connectivity index (χ1) is 12.8. The van der Waals surface area contributed by atoms with Crippen LogP contribution in [0.4, 0.5) is 18.3 Å². The Hall–Kier alpha value is -2.29. The second-order valence-corrected chi connectivity index (χ2v) is 7.11. The number of phenolic OH excluding ortho intramolecular Hbond substituents is 1. The Morgan fingerprint density at radius 2 is 2.15 bits per heavy atom. The zero-order valence-corrected chi connectivity index (χ0v) is 15.4. The van der Waals surface area contributed by atoms with E-state index in [1.165, 1.54) is 17.4 Å². The normalized spacial score (nSPS) is 20.5. The molecule has 3 rings (SSSR count). The molecule has 2 aromatic rings. The number of piperidine rings is 1. The van der Waals surface area contributed by atoms with Gasteiger partial charge in [0.2, 0.25) is 0 Å². The van der Waals surface area contributed by atoms with E-state index in [2.05, 4.69) is 4.98 Å². The summed E-state index contributed by atoms with van der Waals surface area (Å²) in [5.41, 5.74) is 1.03. The number of hydrogen-bond donors (Lipinski definition) is 1. The summed E-state index contributed by atoms with van der Waals surface area (Å²) in [6.07, 6.45) is -4.46. The Bertz CT molecular complexity index is 809. The zero-order valence-electron chi connectivity index (χ0n) is 14.6. The third-order valence-corrected chi connectivity index (χ3v) is 5.47. The molecule has 1 fully saturated rings. The summed E-state index contributed by atoms with van der Waals surface area (Å²) in [5.74, 6) is -3.74. The van der Waals surface area contributed by atoms with Gasteiger partial charge in [-0.3, -0.25) is 4.79 Å². The number of carbonyl (C=O) groups excluding carboxylic acids is 1. The minimum absolute atomic E-state index is 0.0501. The number of thiazole rings is 1. The van der Waals surface area contributed by atoms with Crippen molar-refractivity contribution < 1.29 is 27.8 Å². The SMILES string of the molecule is CCOC(=O)C1CCN(c2nc(-c3ccccc3O)cs2)CC1C(F)(F)F. The summed E-state index contributed by atoms with van der Waals surface area (Å²) in [7, 11) is 0. The molecule has 1 N–H and O–H groups in total. The Labute approximate surface area is 158 Å². The van der Waals surface area contributed by atoms with Crippen LogP contribution in [0.1, 0.15) is 13.3 Å². The monoisotopic (exact) mass is 400 g/mol. The number of rotatable bonds is 4. The van der Waals surface area contributed by atoms with Crippen molar-refractivity contribution in [3.05, 3.63) is 29.6 Å². The van der Waals surface area contributed by atoms with E-state index in [9.17, 15) is 23.1 Å². The first kappa shape index (κ1) is 19.5. The van der Waals surface area contributed by atoms with E-state index < -0.39 is 24.0 Å². The Kier molecular flexibility index (Phi) is 5.59. The standard InChI is InChI=1S/C18H19F3N2O3S/c1-2-26-16(25)11-7-8-23(9-13(11)18(19,20)21)17-22-14(10-27-17)12-5-3-4-6-15(12)24/h3-6,10-11,13,24H,2,7-9H2,1H3. The van der Waals surface area contributed by atoms with Gasteiger partial charge in [-0.1, -0.05) is 12.1 Å². The average Bonchev–Trinajstić information content (AvgIpc) is 3.11. The van der Waals surface area contributed by atoms with Gasteiger partial charge < -0.3 is 14.7 Å². The first-order valence-corrected chi connectivity index (χ1v) is 9.41. The van der Waals surface area contributed by atoms with Crippen LogP contribution in [0.2, 0.25) is 0 Å². The van der Waals surface area contributed by atoms with E-state index in [0.29, 0.717) is 16.4 Å². The number of carbonyl (C=O) groups is 1. The molecule has 0 radical (unpaired) electrons. The highest BCUT2D eigenvalue weighted by molar-refractivity contribution is 7.14. The number of ether oxygens (including phenoxy) is 1. The van der Waals surface area contributed by atoms with Crippen LogP contribution < -0.4 is 4.90 Å². The summed E-state index contributed by atoms with van der Waals surface area (Å²) in [6, 6.07) is 6.65. The number of nitrogens with zero attached hydrogens (tertiary/aromatic N) is 2. The number of aromatic nitrogens is 1. The minimum Gasteiger partial charge on any atom is -0.507 e. The lowest BCUT2D eigenvalue weighted by atomic mass is 9.85. The van der Waals surface area contributed by atoms with Crippen LogP contribution in [0, 0.1) is 11.8 Å². The highest BCUT2D eigenvalue weighted by Crippen LogP contribution is 2.40. The van der Waals surface area contributed by atoms with E-state index >= 15 is 0 Å². The predicted octanol–water partition coefficient (Wildman–Crippen LogP) is 4.08. The lowest BCUT2D eigenvalue weighted by Gasteiger charge is -2.38. The van der Waals surface area contributed by atoms with Gasteiger partial charge in [0.15, 0.2) is 5.13 Å². The number of phenols is 1. The molecule has 2 atom stereocenters. The summed E-state index contributed by atoms with van der Waals surface area (Å²) < 4.78 is 45.4. The molecule has 9 heteroatoms. The fourth-order valence-corrected chi connectivity index (χ4v) is 4.07. The molecular weight excluding hydrogens is 381 g/mol. The average molecular weight is 400 g/mol. The molecular formula is C18H19F3N2O3S. The van der Waals surface area contributed by atoms with E-state index in [1.807, 2.05) is 0 Å². The third kappa shape index (κ3) is 4.18. The summed E-state index contributed by atoms with van der Waals surface area (Å²) in [6.45, 7) is 1.57. The summed E-state index contributed by atoms with van der Waals surface area (Å²) in [4.78, 5) is 17.9. The molecule has 1 aliphatic heterocycles. The maximum atomic E-state index is 13.5. The second-order valence-electron chi connectivity index (χ2n) is 6.27. The van der Waals surface area contributed by atoms with Crippen LogP contribution in [0.3, 0.4) is 0 Å². The van der Waals surface area contributed by atoms with Gasteiger partial charge in [-0.15, -0.1) is 11.3 Å². The molecule has 146 valence electrons. The Morgan fingerprint density at radius 3 is 2.81 bits per heavy atom. The molecule has 1 saturated heterocycles. The van der Waals surface area contributed by atoms with Gasteiger partial charge in [-0.25, -0.2) is 4.98 Å². The quantitative estimate of drug-likeness (QED) is 0.784. The van der Waals surface area contributed by atoms with E-state index in [4.69, 9.17) is 4.74 Å². The van der Waals surface area contributed by atoms with Crippen molar-refractivity contribution in [2.75, 3.05) is 24.6 Å². The van der Waals surface area contributed by atoms with E-state index in [0.717, 1.165) is 0 Å². The maximum Gasteiger partial charge on any atom is 0.394 e. The number of esters is 1. The minimum atomic E-state index is -4.51. The van der Waals surface area contributed by atoms with E-state index in [-0.39, 0.29) is 31.9 Å². The highest BCUT2D eigenvalue weighted by atomic mass is 32.1. The lowest BCUT2D eigenvalue weighted by molar-refractivity contribution is -0.199. The fourth-order valence-electron chi connectivity index (χ4n) is 3.21. The molecule has 0 aliphatic carbocycles. The largest absolute Gasteiger partial charge is 0.507 e. The molecule has 0 amide bonds. The molecule has 1 aromatic heterocycles. The molecule has 1 aromatic carbocycles. The Balaban J connectivity index is 1.81. The van der Waals surface area contributed by atoms with Gasteiger partial charge in [0, 0.05) is 24.0 Å². The zero-order chi connectivity index (χ0) is 19.6. The molecule has 1 aliphatic rings. The molecule has 0 saturated carbocycles. The van der Waals surface area contributed by atoms with Crippen LogP contribution in [0.5, 0.6) is 5.75 Å². The van der Waals surface area contributed by atoms with Crippen molar-refractivity contribution >= 4 is 22.4 Å². The number of benzene rings is 1. The highest BCUT2D eigenvalue weighted by Gasteiger charge is 2.51. The summed E-state index contributed by atoms with van der Waals surface area (Å²) in [5, 5.41) is 12.1. The van der Waals surface area contributed by atoms with Crippen LogP contribution in [-0.4, -0.2) is 41.9 Å². The van der Waals surface area contributed by atoms with Gasteiger partial charge in [0.1, 0.15) is 5.75 Å². The van der Waals surface area contributed by atoms with Gasteiger partial charge >= 0.3 is 12.1 Å². The van der Waals surface area contributed by atoms with Crippen molar-refractivity contribution in [3.8, 4) is 17.0 Å². The van der Waals surface area contributed by atoms with Crippen LogP contribution in [-0.2, 0) is 9.53 Å². The van der Waals surface area contributed by atoms with Crippen molar-refractivity contribution in [2.24, 2.45) is 11.8 Å². The van der Waals surface area contributed by atoms with Gasteiger partial charge in [0.05, 0.1) is 24.1 Å².